The first-order valence-corrected chi connectivity index (χ1v) is 9.19. The molecule has 0 unspecified atom stereocenters. The number of aromatic nitrogens is 2. The van der Waals surface area contributed by atoms with Gasteiger partial charge in [-0.1, -0.05) is 18.5 Å². The Labute approximate surface area is 170 Å². The maximum absolute atomic E-state index is 13.4. The van der Waals surface area contributed by atoms with Crippen LogP contribution in [0.4, 0.5) is 36.3 Å². The zero-order valence-corrected chi connectivity index (χ0v) is 16.2. The van der Waals surface area contributed by atoms with E-state index in [0.29, 0.717) is 28.8 Å². The minimum atomic E-state index is -4.61. The predicted molar refractivity (Wildman–Crippen MR) is 107 cm³/mol. The summed E-state index contributed by atoms with van der Waals surface area (Å²) in [4.78, 5) is 7.78. The summed E-state index contributed by atoms with van der Waals surface area (Å²) < 4.78 is 45.6. The Bertz CT molecular complexity index is 947. The van der Waals surface area contributed by atoms with Gasteiger partial charge in [0.1, 0.15) is 17.1 Å². The van der Waals surface area contributed by atoms with Crippen molar-refractivity contribution < 1.29 is 17.9 Å². The van der Waals surface area contributed by atoms with E-state index in [4.69, 9.17) is 16.3 Å². The van der Waals surface area contributed by atoms with E-state index in [-0.39, 0.29) is 11.8 Å². The van der Waals surface area contributed by atoms with Crippen LogP contribution in [0.2, 0.25) is 5.02 Å². The predicted octanol–water partition coefficient (Wildman–Crippen LogP) is 6.42. The number of hydrogen-bond acceptors (Lipinski definition) is 5. The zero-order valence-electron chi connectivity index (χ0n) is 15.4. The van der Waals surface area contributed by atoms with Crippen molar-refractivity contribution in [2.24, 2.45) is 0 Å². The maximum Gasteiger partial charge on any atom is 0.421 e. The van der Waals surface area contributed by atoms with Gasteiger partial charge < -0.3 is 15.4 Å². The van der Waals surface area contributed by atoms with Gasteiger partial charge in [0.15, 0.2) is 0 Å². The number of ether oxygens (including phenoxy) is 1. The van der Waals surface area contributed by atoms with Crippen molar-refractivity contribution in [3.63, 3.8) is 0 Å². The Morgan fingerprint density at radius 2 is 1.59 bits per heavy atom. The quantitative estimate of drug-likeness (QED) is 0.459. The topological polar surface area (TPSA) is 59.1 Å². The number of anilines is 4. The molecular formula is C20H18ClF3N4O. The molecule has 9 heteroatoms. The molecule has 0 fully saturated rings. The van der Waals surface area contributed by atoms with E-state index < -0.39 is 11.7 Å². The number of nitrogens with one attached hydrogen (secondary N) is 2. The average molecular weight is 423 g/mol. The standard InChI is InChI=1S/C20H18ClF3N4O/c1-2-11-29-16-9-7-14(8-10-16)26-18-17(20(22,23)24)12-25-19(28-18)27-15-5-3-13(21)4-6-15/h3-10,12H,2,11H2,1H3,(H2,25,26,27,28). The third-order valence-corrected chi connectivity index (χ3v) is 4.04. The summed E-state index contributed by atoms with van der Waals surface area (Å²) in [5, 5.41) is 6.11. The van der Waals surface area contributed by atoms with Gasteiger partial charge in [-0.2, -0.15) is 18.2 Å². The molecule has 2 N–H and O–H groups in total. The lowest BCUT2D eigenvalue weighted by Gasteiger charge is -2.15. The molecule has 0 spiro atoms. The van der Waals surface area contributed by atoms with Gasteiger partial charge in [0.25, 0.3) is 0 Å². The van der Waals surface area contributed by atoms with Gasteiger partial charge in [0.2, 0.25) is 5.95 Å². The molecule has 3 aromatic rings. The minimum Gasteiger partial charge on any atom is -0.494 e. The first kappa shape index (κ1) is 20.7. The Kier molecular flexibility index (Phi) is 6.43. The number of nitrogens with zero attached hydrogens (tertiary/aromatic N) is 2. The first-order chi connectivity index (χ1) is 13.8. The molecule has 0 saturated carbocycles. The molecule has 3 rings (SSSR count). The largest absolute Gasteiger partial charge is 0.494 e. The van der Waals surface area contributed by atoms with E-state index in [1.807, 2.05) is 6.92 Å². The van der Waals surface area contributed by atoms with Crippen molar-refractivity contribution >= 4 is 34.7 Å². The Morgan fingerprint density at radius 3 is 2.21 bits per heavy atom. The summed E-state index contributed by atoms with van der Waals surface area (Å²) in [5.74, 6) is 0.304. The normalized spacial score (nSPS) is 11.2. The second kappa shape index (κ2) is 9.00. The molecule has 0 aliphatic heterocycles. The molecule has 1 heterocycles. The lowest BCUT2D eigenvalue weighted by Crippen LogP contribution is -2.12. The Balaban J connectivity index is 1.85. The number of halogens is 4. The van der Waals surface area contributed by atoms with Gasteiger partial charge in [0.05, 0.1) is 6.61 Å². The van der Waals surface area contributed by atoms with Crippen LogP contribution in [0.3, 0.4) is 0 Å². The van der Waals surface area contributed by atoms with E-state index in [0.717, 1.165) is 12.6 Å². The molecule has 0 radical (unpaired) electrons. The van der Waals surface area contributed by atoms with Crippen LogP contribution in [0.5, 0.6) is 5.75 Å². The Hall–Kier alpha value is -3.00. The van der Waals surface area contributed by atoms with E-state index in [1.165, 1.54) is 0 Å². The molecular weight excluding hydrogens is 405 g/mol. The van der Waals surface area contributed by atoms with Crippen LogP contribution in [0.15, 0.2) is 54.7 Å². The van der Waals surface area contributed by atoms with E-state index >= 15 is 0 Å². The molecule has 2 aromatic carbocycles. The van der Waals surface area contributed by atoms with Crippen molar-refractivity contribution in [1.29, 1.82) is 0 Å². The fraction of sp³-hybridized carbons (Fsp3) is 0.200. The fourth-order valence-corrected chi connectivity index (χ4v) is 2.52. The van der Waals surface area contributed by atoms with Gasteiger partial charge in [-0.3, -0.25) is 0 Å². The summed E-state index contributed by atoms with van der Waals surface area (Å²) >= 11 is 5.84. The van der Waals surface area contributed by atoms with Crippen LogP contribution in [0.1, 0.15) is 18.9 Å². The molecule has 0 aliphatic rings. The lowest BCUT2D eigenvalue weighted by atomic mass is 10.2. The third kappa shape index (κ3) is 5.74. The molecule has 0 atom stereocenters. The van der Waals surface area contributed by atoms with E-state index in [1.54, 1.807) is 48.5 Å². The maximum atomic E-state index is 13.4. The molecule has 0 amide bonds. The monoisotopic (exact) mass is 422 g/mol. The average Bonchev–Trinajstić information content (AvgIpc) is 2.68. The van der Waals surface area contributed by atoms with Crippen LogP contribution >= 0.6 is 11.6 Å². The first-order valence-electron chi connectivity index (χ1n) is 8.82. The lowest BCUT2D eigenvalue weighted by molar-refractivity contribution is -0.137. The number of alkyl halides is 3. The van der Waals surface area contributed by atoms with E-state index in [9.17, 15) is 13.2 Å². The van der Waals surface area contributed by atoms with Gasteiger partial charge in [-0.25, -0.2) is 4.98 Å². The number of hydrogen-bond donors (Lipinski definition) is 2. The van der Waals surface area contributed by atoms with Crippen molar-refractivity contribution in [2.75, 3.05) is 17.2 Å². The SMILES string of the molecule is CCCOc1ccc(Nc2nc(Nc3ccc(Cl)cc3)ncc2C(F)(F)F)cc1. The third-order valence-electron chi connectivity index (χ3n) is 3.78. The summed E-state index contributed by atoms with van der Waals surface area (Å²) in [7, 11) is 0. The van der Waals surface area contributed by atoms with Gasteiger partial charge >= 0.3 is 6.18 Å². The van der Waals surface area contributed by atoms with Gasteiger partial charge in [0, 0.05) is 22.6 Å². The second-order valence-electron chi connectivity index (χ2n) is 6.08. The highest BCUT2D eigenvalue weighted by molar-refractivity contribution is 6.30. The molecule has 152 valence electrons. The zero-order chi connectivity index (χ0) is 20.9. The van der Waals surface area contributed by atoms with Crippen molar-refractivity contribution in [3.05, 3.63) is 65.3 Å². The molecule has 29 heavy (non-hydrogen) atoms. The number of rotatable bonds is 7. The highest BCUT2D eigenvalue weighted by Gasteiger charge is 2.35. The van der Waals surface area contributed by atoms with Gasteiger partial charge in [-0.15, -0.1) is 0 Å². The minimum absolute atomic E-state index is 0.0192. The smallest absolute Gasteiger partial charge is 0.421 e. The molecule has 0 saturated heterocycles. The van der Waals surface area contributed by atoms with Crippen molar-refractivity contribution in [1.82, 2.24) is 9.97 Å². The molecule has 0 aliphatic carbocycles. The molecule has 5 nitrogen and oxygen atoms in total. The van der Waals surface area contributed by atoms with Crippen LogP contribution < -0.4 is 15.4 Å². The number of benzene rings is 2. The van der Waals surface area contributed by atoms with Crippen molar-refractivity contribution in [3.8, 4) is 5.75 Å². The summed E-state index contributed by atoms with van der Waals surface area (Å²) in [6.07, 6.45) is -3.00. The molecule has 0 bridgehead atoms. The van der Waals surface area contributed by atoms with E-state index in [2.05, 4.69) is 20.6 Å². The van der Waals surface area contributed by atoms with Crippen LogP contribution in [0.25, 0.3) is 0 Å². The van der Waals surface area contributed by atoms with Crippen LogP contribution in [-0.2, 0) is 6.18 Å². The van der Waals surface area contributed by atoms with Crippen molar-refractivity contribution in [2.45, 2.75) is 19.5 Å². The highest BCUT2D eigenvalue weighted by Crippen LogP contribution is 2.35. The summed E-state index contributed by atoms with van der Waals surface area (Å²) in [6.45, 7) is 2.55. The fourth-order valence-electron chi connectivity index (χ4n) is 2.40. The van der Waals surface area contributed by atoms with Crippen LogP contribution in [-0.4, -0.2) is 16.6 Å². The highest BCUT2D eigenvalue weighted by atomic mass is 35.5. The van der Waals surface area contributed by atoms with Crippen LogP contribution in [0, 0.1) is 0 Å². The van der Waals surface area contributed by atoms with Gasteiger partial charge in [-0.05, 0) is 55.0 Å². The Morgan fingerprint density at radius 1 is 0.966 bits per heavy atom. The second-order valence-corrected chi connectivity index (χ2v) is 6.52. The molecule has 1 aromatic heterocycles. The summed E-state index contributed by atoms with van der Waals surface area (Å²) in [6, 6.07) is 13.2. The summed E-state index contributed by atoms with van der Waals surface area (Å²) in [5.41, 5.74) is 0.0680.